The van der Waals surface area contributed by atoms with Crippen molar-refractivity contribution in [1.29, 1.82) is 0 Å². The Kier molecular flexibility index (Phi) is 4.22. The number of hydrogen-bond donors (Lipinski definition) is 2. The molecule has 4 atom stereocenters. The van der Waals surface area contributed by atoms with Crippen molar-refractivity contribution in [3.05, 3.63) is 34.9 Å². The molecule has 2 N–H and O–H groups in total. The predicted octanol–water partition coefficient (Wildman–Crippen LogP) is 2.65. The number of likely N-dealkylation sites (tertiary alicyclic amines) is 1. The first-order valence-corrected chi connectivity index (χ1v) is 9.66. The third-order valence-corrected chi connectivity index (χ3v) is 6.99. The first-order chi connectivity index (χ1) is 11.5. The van der Waals surface area contributed by atoms with E-state index in [-0.39, 0.29) is 12.0 Å². The van der Waals surface area contributed by atoms with Gasteiger partial charge in [-0.2, -0.15) is 0 Å². The molecule has 0 amide bonds. The van der Waals surface area contributed by atoms with E-state index in [9.17, 15) is 10.2 Å². The summed E-state index contributed by atoms with van der Waals surface area (Å²) >= 11 is 0. The molecule has 3 aliphatic rings. The molecule has 4 rings (SSSR count). The Bertz CT molecular complexity index is 612. The van der Waals surface area contributed by atoms with E-state index in [1.54, 1.807) is 0 Å². The molecule has 0 spiro atoms. The summed E-state index contributed by atoms with van der Waals surface area (Å²) in [7, 11) is 0. The fourth-order valence-electron chi connectivity index (χ4n) is 5.41. The number of aryl methyl sites for hydroxylation is 1. The molecule has 1 heterocycles. The van der Waals surface area contributed by atoms with Gasteiger partial charge in [0.25, 0.3) is 0 Å². The minimum atomic E-state index is -0.616. The predicted molar refractivity (Wildman–Crippen MR) is 96.1 cm³/mol. The molecule has 3 nitrogen and oxygen atoms in total. The summed E-state index contributed by atoms with van der Waals surface area (Å²) in [6.45, 7) is 6.81. The van der Waals surface area contributed by atoms with Crippen molar-refractivity contribution in [1.82, 2.24) is 4.90 Å². The molecule has 3 heteroatoms. The van der Waals surface area contributed by atoms with E-state index in [4.69, 9.17) is 0 Å². The molecule has 2 bridgehead atoms. The monoisotopic (exact) mass is 329 g/mol. The van der Waals surface area contributed by atoms with Crippen molar-refractivity contribution in [2.75, 3.05) is 19.7 Å². The third-order valence-electron chi connectivity index (χ3n) is 6.99. The molecule has 1 aromatic rings. The van der Waals surface area contributed by atoms with Crippen LogP contribution in [0.3, 0.4) is 0 Å². The van der Waals surface area contributed by atoms with E-state index in [0.717, 1.165) is 25.3 Å². The third kappa shape index (κ3) is 2.71. The first-order valence-electron chi connectivity index (χ1n) is 9.66. The fourth-order valence-corrected chi connectivity index (χ4v) is 5.41. The topological polar surface area (TPSA) is 43.7 Å². The van der Waals surface area contributed by atoms with Crippen LogP contribution in [0.1, 0.15) is 49.3 Å². The van der Waals surface area contributed by atoms with Crippen LogP contribution < -0.4 is 0 Å². The lowest BCUT2D eigenvalue weighted by Crippen LogP contribution is -2.60. The summed E-state index contributed by atoms with van der Waals surface area (Å²) in [4.78, 5) is 2.73. The largest absolute Gasteiger partial charge is 0.394 e. The van der Waals surface area contributed by atoms with Crippen LogP contribution in [0.15, 0.2) is 18.2 Å². The number of piperidine rings is 1. The van der Waals surface area contributed by atoms with E-state index < -0.39 is 6.10 Å². The molecular weight excluding hydrogens is 298 g/mol. The molecule has 24 heavy (non-hydrogen) atoms. The zero-order chi connectivity index (χ0) is 16.9. The van der Waals surface area contributed by atoms with Crippen molar-refractivity contribution in [3.63, 3.8) is 0 Å². The minimum Gasteiger partial charge on any atom is -0.394 e. The van der Waals surface area contributed by atoms with Crippen LogP contribution in [0.5, 0.6) is 0 Å². The lowest BCUT2D eigenvalue weighted by molar-refractivity contribution is -0.0171. The number of nitrogens with zero attached hydrogens (tertiary/aromatic N) is 1. The molecule has 0 radical (unpaired) electrons. The summed E-state index contributed by atoms with van der Waals surface area (Å²) in [5, 5.41) is 19.8. The van der Waals surface area contributed by atoms with Crippen LogP contribution in [-0.2, 0) is 11.8 Å². The summed E-state index contributed by atoms with van der Waals surface area (Å²) in [6, 6.07) is 7.47. The Hall–Kier alpha value is -0.900. The Labute approximate surface area is 145 Å². The van der Waals surface area contributed by atoms with Crippen LogP contribution in [0.25, 0.3) is 0 Å². The molecule has 1 saturated carbocycles. The molecule has 2 unspecified atom stereocenters. The first kappa shape index (κ1) is 16.6. The van der Waals surface area contributed by atoms with Gasteiger partial charge in [-0.05, 0) is 68.5 Å². The van der Waals surface area contributed by atoms with Gasteiger partial charge in [0, 0.05) is 18.0 Å². The summed E-state index contributed by atoms with van der Waals surface area (Å²) in [6.07, 6.45) is 5.12. The Morgan fingerprint density at radius 1 is 1.33 bits per heavy atom. The highest BCUT2D eigenvalue weighted by molar-refractivity contribution is 5.43. The number of hydrogen-bond acceptors (Lipinski definition) is 3. The molecule has 1 aliphatic heterocycles. The van der Waals surface area contributed by atoms with Gasteiger partial charge in [-0.3, -0.25) is 4.90 Å². The van der Waals surface area contributed by atoms with Crippen LogP contribution in [0, 0.1) is 18.8 Å². The van der Waals surface area contributed by atoms with Gasteiger partial charge in [0.2, 0.25) is 0 Å². The Morgan fingerprint density at radius 2 is 2.12 bits per heavy atom. The number of aliphatic hydroxyl groups is 2. The van der Waals surface area contributed by atoms with Crippen LogP contribution in [-0.4, -0.2) is 47.0 Å². The van der Waals surface area contributed by atoms with Crippen molar-refractivity contribution >= 4 is 0 Å². The summed E-state index contributed by atoms with van der Waals surface area (Å²) < 4.78 is 0. The van der Waals surface area contributed by atoms with Gasteiger partial charge < -0.3 is 10.2 Å². The summed E-state index contributed by atoms with van der Waals surface area (Å²) in [5.41, 5.74) is 4.24. The molecule has 1 aromatic carbocycles. The highest BCUT2D eigenvalue weighted by Crippen LogP contribution is 2.52. The highest BCUT2D eigenvalue weighted by Gasteiger charge is 2.52. The maximum Gasteiger partial charge on any atom is 0.0779 e. The van der Waals surface area contributed by atoms with E-state index in [1.165, 1.54) is 36.1 Å². The van der Waals surface area contributed by atoms with Crippen molar-refractivity contribution in [3.8, 4) is 0 Å². The fraction of sp³-hybridized carbons (Fsp3) is 0.714. The average molecular weight is 329 g/mol. The highest BCUT2D eigenvalue weighted by atomic mass is 16.3. The van der Waals surface area contributed by atoms with Crippen LogP contribution in [0.2, 0.25) is 0 Å². The SMILES string of the molecule is Cc1ccc2c(c1)[C@@]1(CC(O)CO)CCN(CC3CC3)C(C2)[C@@H]1C. The molecule has 2 fully saturated rings. The summed E-state index contributed by atoms with van der Waals surface area (Å²) in [5.74, 6) is 1.45. The van der Waals surface area contributed by atoms with Gasteiger partial charge in [-0.1, -0.05) is 30.7 Å². The Morgan fingerprint density at radius 3 is 2.83 bits per heavy atom. The molecular formula is C21H31NO2. The van der Waals surface area contributed by atoms with Gasteiger partial charge in [0.15, 0.2) is 0 Å². The number of benzene rings is 1. The zero-order valence-electron chi connectivity index (χ0n) is 15.0. The van der Waals surface area contributed by atoms with E-state index in [2.05, 4.69) is 36.9 Å². The second kappa shape index (κ2) is 6.12. The molecule has 0 aromatic heterocycles. The molecule has 2 aliphatic carbocycles. The number of fused-ring (bicyclic) bond motifs is 4. The average Bonchev–Trinajstić information content (AvgIpc) is 3.37. The van der Waals surface area contributed by atoms with Gasteiger partial charge >= 0.3 is 0 Å². The zero-order valence-corrected chi connectivity index (χ0v) is 15.0. The quantitative estimate of drug-likeness (QED) is 0.873. The van der Waals surface area contributed by atoms with Crippen LogP contribution in [0.4, 0.5) is 0 Å². The van der Waals surface area contributed by atoms with Crippen molar-refractivity contribution in [2.24, 2.45) is 11.8 Å². The van der Waals surface area contributed by atoms with E-state index in [0.29, 0.717) is 18.4 Å². The normalized spacial score (nSPS) is 34.0. The smallest absolute Gasteiger partial charge is 0.0779 e. The molecule has 132 valence electrons. The van der Waals surface area contributed by atoms with Gasteiger partial charge in [0.1, 0.15) is 0 Å². The second-order valence-corrected chi connectivity index (χ2v) is 8.61. The van der Waals surface area contributed by atoms with Gasteiger partial charge in [0.05, 0.1) is 12.7 Å². The number of aliphatic hydroxyl groups excluding tert-OH is 2. The molecule has 1 saturated heterocycles. The maximum absolute atomic E-state index is 10.3. The second-order valence-electron chi connectivity index (χ2n) is 8.61. The van der Waals surface area contributed by atoms with Gasteiger partial charge in [-0.15, -0.1) is 0 Å². The van der Waals surface area contributed by atoms with Crippen LogP contribution >= 0.6 is 0 Å². The number of rotatable bonds is 5. The van der Waals surface area contributed by atoms with Gasteiger partial charge in [-0.25, -0.2) is 0 Å². The van der Waals surface area contributed by atoms with E-state index >= 15 is 0 Å². The van der Waals surface area contributed by atoms with Crippen molar-refractivity contribution < 1.29 is 10.2 Å². The van der Waals surface area contributed by atoms with E-state index in [1.807, 2.05) is 0 Å². The lowest BCUT2D eigenvalue weighted by Gasteiger charge is -2.57. The lowest BCUT2D eigenvalue weighted by atomic mass is 9.55. The standard InChI is InChI=1S/C21H31NO2/c1-14-3-6-17-10-20-15(2)21(19(17)9-14,11-18(24)13-23)7-8-22(20)12-16-4-5-16/h3,6,9,15-16,18,20,23-24H,4-5,7-8,10-13H2,1-2H3/t15-,18?,20?,21+/m0/s1. The Balaban J connectivity index is 1.73. The maximum atomic E-state index is 10.3. The minimum absolute atomic E-state index is 0.0203. The van der Waals surface area contributed by atoms with Crippen molar-refractivity contribution in [2.45, 2.75) is 63.5 Å².